The van der Waals surface area contributed by atoms with Crippen LogP contribution in [0.1, 0.15) is 32.8 Å². The normalized spacial score (nSPS) is 11.9. The van der Waals surface area contributed by atoms with Crippen molar-refractivity contribution in [3.63, 3.8) is 0 Å². The van der Waals surface area contributed by atoms with Gasteiger partial charge in [0.1, 0.15) is 11.9 Å². The highest BCUT2D eigenvalue weighted by Gasteiger charge is 2.26. The summed E-state index contributed by atoms with van der Waals surface area (Å²) >= 11 is 1.58. The minimum absolute atomic E-state index is 0.0333. The molecule has 0 aliphatic heterocycles. The molecule has 0 aliphatic carbocycles. The molecule has 4 nitrogen and oxygen atoms in total. The van der Waals surface area contributed by atoms with Crippen LogP contribution in [0, 0.1) is 5.82 Å². The Hall–Kier alpha value is -2.34. The first kappa shape index (κ1) is 22.0. The summed E-state index contributed by atoms with van der Waals surface area (Å²) in [5.41, 5.74) is 0.399. The standard InChI is InChI=1S/C22H27FN2O2S/c1-16(2)24-22(27)17(3)25(15-18-9-7-8-12-20(18)23)21(26)13-14-28-19-10-5-4-6-11-19/h4-12,16-17H,13-15H2,1-3H3,(H,24,27). The molecule has 0 aromatic heterocycles. The SMILES string of the molecule is CC(C)NC(=O)C(C)N(Cc1ccccc1F)C(=O)CCSc1ccccc1. The predicted molar refractivity (Wildman–Crippen MR) is 111 cm³/mol. The van der Waals surface area contributed by atoms with E-state index in [1.54, 1.807) is 36.9 Å². The molecule has 2 aromatic rings. The van der Waals surface area contributed by atoms with Gasteiger partial charge in [0.15, 0.2) is 0 Å². The first-order chi connectivity index (χ1) is 13.4. The van der Waals surface area contributed by atoms with Crippen LogP contribution in [0.3, 0.4) is 0 Å². The zero-order valence-electron chi connectivity index (χ0n) is 16.5. The molecular weight excluding hydrogens is 375 g/mol. The van der Waals surface area contributed by atoms with E-state index in [-0.39, 0.29) is 36.6 Å². The fourth-order valence-electron chi connectivity index (χ4n) is 2.71. The van der Waals surface area contributed by atoms with E-state index in [4.69, 9.17) is 0 Å². The maximum absolute atomic E-state index is 14.1. The van der Waals surface area contributed by atoms with Crippen molar-refractivity contribution < 1.29 is 14.0 Å². The van der Waals surface area contributed by atoms with E-state index in [1.807, 2.05) is 44.2 Å². The first-order valence-electron chi connectivity index (χ1n) is 9.39. The summed E-state index contributed by atoms with van der Waals surface area (Å²) in [6.07, 6.45) is 0.271. The van der Waals surface area contributed by atoms with Gasteiger partial charge in [-0.15, -0.1) is 11.8 Å². The van der Waals surface area contributed by atoms with Crippen molar-refractivity contribution in [1.29, 1.82) is 0 Å². The van der Waals surface area contributed by atoms with Gasteiger partial charge < -0.3 is 10.2 Å². The molecule has 0 saturated heterocycles. The number of hydrogen-bond donors (Lipinski definition) is 1. The van der Waals surface area contributed by atoms with Crippen molar-refractivity contribution in [3.8, 4) is 0 Å². The van der Waals surface area contributed by atoms with Gasteiger partial charge in [0.05, 0.1) is 0 Å². The van der Waals surface area contributed by atoms with Gasteiger partial charge in [-0.2, -0.15) is 0 Å². The number of carbonyl (C=O) groups is 2. The minimum Gasteiger partial charge on any atom is -0.352 e. The number of amides is 2. The molecule has 2 amide bonds. The molecular formula is C22H27FN2O2S. The van der Waals surface area contributed by atoms with Crippen molar-refractivity contribution in [2.24, 2.45) is 0 Å². The van der Waals surface area contributed by atoms with Crippen LogP contribution < -0.4 is 5.32 Å². The molecule has 150 valence electrons. The van der Waals surface area contributed by atoms with Crippen LogP contribution in [0.2, 0.25) is 0 Å². The number of hydrogen-bond acceptors (Lipinski definition) is 3. The molecule has 2 aromatic carbocycles. The Kier molecular flexibility index (Phi) is 8.51. The lowest BCUT2D eigenvalue weighted by molar-refractivity contribution is -0.140. The van der Waals surface area contributed by atoms with Crippen molar-refractivity contribution in [1.82, 2.24) is 10.2 Å². The Bertz CT molecular complexity index is 783. The van der Waals surface area contributed by atoms with E-state index in [0.717, 1.165) is 4.90 Å². The molecule has 0 saturated carbocycles. The second-order valence-corrected chi connectivity index (χ2v) is 8.03. The fourth-order valence-corrected chi connectivity index (χ4v) is 3.58. The van der Waals surface area contributed by atoms with Crippen LogP contribution in [0.4, 0.5) is 4.39 Å². The number of halogens is 1. The Balaban J connectivity index is 2.08. The summed E-state index contributed by atoms with van der Waals surface area (Å²) in [4.78, 5) is 27.9. The Morgan fingerprint density at radius 1 is 1.04 bits per heavy atom. The van der Waals surface area contributed by atoms with E-state index in [9.17, 15) is 14.0 Å². The highest BCUT2D eigenvalue weighted by Crippen LogP contribution is 2.20. The monoisotopic (exact) mass is 402 g/mol. The van der Waals surface area contributed by atoms with E-state index in [1.165, 1.54) is 11.0 Å². The highest BCUT2D eigenvalue weighted by molar-refractivity contribution is 7.99. The maximum atomic E-state index is 14.1. The van der Waals surface area contributed by atoms with E-state index in [2.05, 4.69) is 5.32 Å². The lowest BCUT2D eigenvalue weighted by Gasteiger charge is -2.29. The highest BCUT2D eigenvalue weighted by atomic mass is 32.2. The van der Waals surface area contributed by atoms with Gasteiger partial charge in [-0.1, -0.05) is 36.4 Å². The van der Waals surface area contributed by atoms with Crippen molar-refractivity contribution in [3.05, 3.63) is 66.0 Å². The number of nitrogens with one attached hydrogen (secondary N) is 1. The summed E-state index contributed by atoms with van der Waals surface area (Å²) in [6.45, 7) is 5.48. The zero-order valence-corrected chi connectivity index (χ0v) is 17.3. The van der Waals surface area contributed by atoms with Gasteiger partial charge in [-0.3, -0.25) is 9.59 Å². The molecule has 0 aliphatic rings. The molecule has 0 spiro atoms. The van der Waals surface area contributed by atoms with E-state index < -0.39 is 6.04 Å². The predicted octanol–water partition coefficient (Wildman–Crippen LogP) is 4.25. The Morgan fingerprint density at radius 3 is 2.32 bits per heavy atom. The summed E-state index contributed by atoms with van der Waals surface area (Å²) in [5.74, 6) is -0.196. The van der Waals surface area contributed by atoms with Gasteiger partial charge >= 0.3 is 0 Å². The molecule has 28 heavy (non-hydrogen) atoms. The van der Waals surface area contributed by atoms with Crippen molar-refractivity contribution >= 4 is 23.6 Å². The second kappa shape index (κ2) is 10.9. The average molecular weight is 403 g/mol. The van der Waals surface area contributed by atoms with Crippen LogP contribution >= 0.6 is 11.8 Å². The van der Waals surface area contributed by atoms with Crippen molar-refractivity contribution in [2.75, 3.05) is 5.75 Å². The molecule has 0 fully saturated rings. The minimum atomic E-state index is -0.684. The van der Waals surface area contributed by atoms with Crippen LogP contribution in [-0.4, -0.2) is 34.6 Å². The summed E-state index contributed by atoms with van der Waals surface area (Å²) < 4.78 is 14.1. The number of thioether (sulfide) groups is 1. The van der Waals surface area contributed by atoms with Gasteiger partial charge in [0, 0.05) is 35.2 Å². The first-order valence-corrected chi connectivity index (χ1v) is 10.4. The largest absolute Gasteiger partial charge is 0.352 e. The van der Waals surface area contributed by atoms with Crippen LogP contribution in [0.5, 0.6) is 0 Å². The van der Waals surface area contributed by atoms with Gasteiger partial charge in [-0.05, 0) is 39.0 Å². The zero-order chi connectivity index (χ0) is 20.5. The Labute approximate surface area is 170 Å². The summed E-state index contributed by atoms with van der Waals surface area (Å²) in [6, 6.07) is 15.5. The maximum Gasteiger partial charge on any atom is 0.242 e. The smallest absolute Gasteiger partial charge is 0.242 e. The molecule has 1 unspecified atom stereocenters. The van der Waals surface area contributed by atoms with Gasteiger partial charge in [-0.25, -0.2) is 4.39 Å². The van der Waals surface area contributed by atoms with Gasteiger partial charge in [0.25, 0.3) is 0 Å². The summed E-state index contributed by atoms with van der Waals surface area (Å²) in [7, 11) is 0. The Morgan fingerprint density at radius 2 is 1.68 bits per heavy atom. The third-order valence-electron chi connectivity index (χ3n) is 4.22. The average Bonchev–Trinajstić information content (AvgIpc) is 2.67. The van der Waals surface area contributed by atoms with Crippen molar-refractivity contribution in [2.45, 2.75) is 50.7 Å². The van der Waals surface area contributed by atoms with Crippen LogP contribution in [0.15, 0.2) is 59.5 Å². The van der Waals surface area contributed by atoms with E-state index in [0.29, 0.717) is 11.3 Å². The lowest BCUT2D eigenvalue weighted by atomic mass is 10.1. The molecule has 2 rings (SSSR count). The third kappa shape index (κ3) is 6.68. The summed E-state index contributed by atoms with van der Waals surface area (Å²) in [5, 5.41) is 2.83. The lowest BCUT2D eigenvalue weighted by Crippen LogP contribution is -2.49. The number of nitrogens with zero attached hydrogens (tertiary/aromatic N) is 1. The number of rotatable bonds is 9. The molecule has 0 heterocycles. The van der Waals surface area contributed by atoms with Crippen LogP contribution in [-0.2, 0) is 16.1 Å². The van der Waals surface area contributed by atoms with Crippen LogP contribution in [0.25, 0.3) is 0 Å². The molecule has 6 heteroatoms. The molecule has 1 atom stereocenters. The number of benzene rings is 2. The van der Waals surface area contributed by atoms with Gasteiger partial charge in [0.2, 0.25) is 11.8 Å². The third-order valence-corrected chi connectivity index (χ3v) is 5.24. The topological polar surface area (TPSA) is 49.4 Å². The fraction of sp³-hybridized carbons (Fsp3) is 0.364. The van der Waals surface area contributed by atoms with E-state index >= 15 is 0 Å². The second-order valence-electron chi connectivity index (χ2n) is 6.86. The number of carbonyl (C=O) groups excluding carboxylic acids is 2. The molecule has 0 bridgehead atoms. The molecule has 1 N–H and O–H groups in total. The quantitative estimate of drug-likeness (QED) is 0.638. The molecule has 0 radical (unpaired) electrons.